The number of carboxylic acids is 1. The number of hydrogen-bond acceptors (Lipinski definition) is 3. The van der Waals surface area contributed by atoms with Crippen LogP contribution >= 0.6 is 0 Å². The molecule has 1 saturated carbocycles. The van der Waals surface area contributed by atoms with Crippen LogP contribution in [0, 0.1) is 5.41 Å². The van der Waals surface area contributed by atoms with Gasteiger partial charge < -0.3 is 15.7 Å². The Kier molecular flexibility index (Phi) is 3.91. The molecule has 0 aromatic carbocycles. The Balaban J connectivity index is 2.78. The second-order valence-corrected chi connectivity index (χ2v) is 4.76. The zero-order chi connectivity index (χ0) is 12.3. The second-order valence-electron chi connectivity index (χ2n) is 4.76. The molecule has 1 amide bonds. The van der Waals surface area contributed by atoms with Crippen LogP contribution in [0.4, 0.5) is 0 Å². The van der Waals surface area contributed by atoms with Crippen molar-refractivity contribution in [3.8, 4) is 0 Å². The predicted octanol–water partition coefficient (Wildman–Crippen LogP) is 0.437. The molecule has 1 fully saturated rings. The minimum absolute atomic E-state index is 0.0985. The molecule has 92 valence electrons. The van der Waals surface area contributed by atoms with Gasteiger partial charge in [-0.15, -0.1) is 0 Å². The molecule has 1 aliphatic rings. The number of rotatable bonds is 5. The molecule has 0 heterocycles. The summed E-state index contributed by atoms with van der Waals surface area (Å²) in [6.07, 6.45) is 2.57. The molecule has 0 aromatic rings. The molecule has 5 heteroatoms. The molecular formula is C11H20N2O3. The summed E-state index contributed by atoms with van der Waals surface area (Å²) in [4.78, 5) is 24.4. The van der Waals surface area contributed by atoms with Crippen LogP contribution in [-0.2, 0) is 9.59 Å². The smallest absolute Gasteiger partial charge is 0.323 e. The first-order valence-electron chi connectivity index (χ1n) is 5.66. The van der Waals surface area contributed by atoms with Crippen molar-refractivity contribution in [2.24, 2.45) is 11.1 Å². The van der Waals surface area contributed by atoms with Crippen LogP contribution < -0.4 is 5.73 Å². The SMILES string of the molecule is CC(C)N(CC(=O)O)C(=O)C1(CN)CCC1. The van der Waals surface area contributed by atoms with Crippen LogP contribution in [0.2, 0.25) is 0 Å². The van der Waals surface area contributed by atoms with Crippen molar-refractivity contribution in [1.29, 1.82) is 0 Å². The second kappa shape index (κ2) is 4.82. The van der Waals surface area contributed by atoms with E-state index in [9.17, 15) is 9.59 Å². The average molecular weight is 228 g/mol. The Labute approximate surface area is 95.6 Å². The molecule has 16 heavy (non-hydrogen) atoms. The fourth-order valence-electron chi connectivity index (χ4n) is 2.05. The Morgan fingerprint density at radius 3 is 2.25 bits per heavy atom. The van der Waals surface area contributed by atoms with E-state index in [1.165, 1.54) is 4.90 Å². The molecule has 0 spiro atoms. The summed E-state index contributed by atoms with van der Waals surface area (Å²) in [5.74, 6) is -1.08. The maximum Gasteiger partial charge on any atom is 0.323 e. The summed E-state index contributed by atoms with van der Waals surface area (Å²) in [6.45, 7) is 3.72. The summed E-state index contributed by atoms with van der Waals surface area (Å²) >= 11 is 0. The number of aliphatic carboxylic acids is 1. The van der Waals surface area contributed by atoms with E-state index in [2.05, 4.69) is 0 Å². The van der Waals surface area contributed by atoms with E-state index < -0.39 is 11.4 Å². The van der Waals surface area contributed by atoms with Crippen molar-refractivity contribution in [3.63, 3.8) is 0 Å². The first-order valence-corrected chi connectivity index (χ1v) is 5.66. The number of carbonyl (C=O) groups is 2. The van der Waals surface area contributed by atoms with Gasteiger partial charge in [-0.3, -0.25) is 9.59 Å². The first-order chi connectivity index (χ1) is 7.43. The van der Waals surface area contributed by atoms with Gasteiger partial charge >= 0.3 is 5.97 Å². The van der Waals surface area contributed by atoms with E-state index >= 15 is 0 Å². The van der Waals surface area contributed by atoms with Crippen LogP contribution in [0.15, 0.2) is 0 Å². The van der Waals surface area contributed by atoms with Crippen LogP contribution in [0.5, 0.6) is 0 Å². The summed E-state index contributed by atoms with van der Waals surface area (Å²) in [5, 5.41) is 8.79. The fraction of sp³-hybridized carbons (Fsp3) is 0.818. The Morgan fingerprint density at radius 2 is 2.00 bits per heavy atom. The number of carboxylic acid groups (broad SMARTS) is 1. The molecule has 0 bridgehead atoms. The molecule has 3 N–H and O–H groups in total. The predicted molar refractivity (Wildman–Crippen MR) is 59.8 cm³/mol. The van der Waals surface area contributed by atoms with Gasteiger partial charge in [-0.1, -0.05) is 6.42 Å². The van der Waals surface area contributed by atoms with Gasteiger partial charge in [0.2, 0.25) is 5.91 Å². The lowest BCUT2D eigenvalue weighted by atomic mass is 9.67. The topological polar surface area (TPSA) is 83.6 Å². The lowest BCUT2D eigenvalue weighted by Crippen LogP contribution is -2.54. The standard InChI is InChI=1S/C11H20N2O3/c1-8(2)13(6-9(14)15)10(16)11(7-12)4-3-5-11/h8H,3-7,12H2,1-2H3,(H,14,15). The van der Waals surface area contributed by atoms with E-state index in [0.717, 1.165) is 19.3 Å². The number of carbonyl (C=O) groups excluding carboxylic acids is 1. The molecule has 1 rings (SSSR count). The summed E-state index contributed by atoms with van der Waals surface area (Å²) in [7, 11) is 0. The van der Waals surface area contributed by atoms with E-state index in [0.29, 0.717) is 6.54 Å². The monoisotopic (exact) mass is 228 g/mol. The van der Waals surface area contributed by atoms with Gasteiger partial charge in [0.25, 0.3) is 0 Å². The van der Waals surface area contributed by atoms with Crippen LogP contribution in [0.3, 0.4) is 0 Å². The van der Waals surface area contributed by atoms with Crippen LogP contribution in [-0.4, -0.2) is 41.0 Å². The van der Waals surface area contributed by atoms with Gasteiger partial charge in [0, 0.05) is 12.6 Å². The molecule has 1 aliphatic carbocycles. The van der Waals surface area contributed by atoms with E-state index in [1.807, 2.05) is 13.8 Å². The lowest BCUT2D eigenvalue weighted by molar-refractivity contribution is -0.154. The van der Waals surface area contributed by atoms with Crippen LogP contribution in [0.1, 0.15) is 33.1 Å². The van der Waals surface area contributed by atoms with Crippen LogP contribution in [0.25, 0.3) is 0 Å². The summed E-state index contributed by atoms with van der Waals surface area (Å²) < 4.78 is 0. The average Bonchev–Trinajstić information content (AvgIpc) is 2.12. The first kappa shape index (κ1) is 13.0. The van der Waals surface area contributed by atoms with Crippen molar-refractivity contribution in [3.05, 3.63) is 0 Å². The highest BCUT2D eigenvalue weighted by Crippen LogP contribution is 2.41. The van der Waals surface area contributed by atoms with Gasteiger partial charge in [0.15, 0.2) is 0 Å². The van der Waals surface area contributed by atoms with Gasteiger partial charge in [-0.2, -0.15) is 0 Å². The Morgan fingerprint density at radius 1 is 1.44 bits per heavy atom. The Bertz CT molecular complexity index is 279. The summed E-state index contributed by atoms with van der Waals surface area (Å²) in [6, 6.07) is -0.104. The molecule has 0 unspecified atom stereocenters. The van der Waals surface area contributed by atoms with Gasteiger partial charge in [-0.25, -0.2) is 0 Å². The van der Waals surface area contributed by atoms with Gasteiger partial charge in [-0.05, 0) is 26.7 Å². The Hall–Kier alpha value is -1.10. The van der Waals surface area contributed by atoms with Crippen molar-refractivity contribution < 1.29 is 14.7 Å². The maximum absolute atomic E-state index is 12.2. The minimum atomic E-state index is -0.978. The highest BCUT2D eigenvalue weighted by molar-refractivity contribution is 5.87. The van der Waals surface area contributed by atoms with Gasteiger partial charge in [0.1, 0.15) is 6.54 Å². The zero-order valence-electron chi connectivity index (χ0n) is 9.90. The van der Waals surface area contributed by atoms with E-state index in [4.69, 9.17) is 10.8 Å². The number of nitrogens with two attached hydrogens (primary N) is 1. The fourth-order valence-corrected chi connectivity index (χ4v) is 2.05. The third kappa shape index (κ3) is 2.35. The quantitative estimate of drug-likeness (QED) is 0.715. The van der Waals surface area contributed by atoms with Crippen molar-refractivity contribution in [2.45, 2.75) is 39.2 Å². The zero-order valence-corrected chi connectivity index (χ0v) is 9.90. The maximum atomic E-state index is 12.2. The molecule has 0 radical (unpaired) electrons. The number of nitrogens with zero attached hydrogens (tertiary/aromatic N) is 1. The van der Waals surface area contributed by atoms with Crippen molar-refractivity contribution in [1.82, 2.24) is 4.90 Å². The van der Waals surface area contributed by atoms with Crippen molar-refractivity contribution in [2.75, 3.05) is 13.1 Å². The molecule has 0 aliphatic heterocycles. The molecule has 0 aromatic heterocycles. The molecule has 5 nitrogen and oxygen atoms in total. The molecule has 0 atom stereocenters. The third-order valence-electron chi connectivity index (χ3n) is 3.34. The normalized spacial score (nSPS) is 18.0. The highest BCUT2D eigenvalue weighted by atomic mass is 16.4. The number of hydrogen-bond donors (Lipinski definition) is 2. The molecular weight excluding hydrogens is 208 g/mol. The summed E-state index contributed by atoms with van der Waals surface area (Å²) in [5.41, 5.74) is 5.16. The number of amides is 1. The van der Waals surface area contributed by atoms with Crippen molar-refractivity contribution >= 4 is 11.9 Å². The largest absolute Gasteiger partial charge is 0.480 e. The third-order valence-corrected chi connectivity index (χ3v) is 3.34. The van der Waals surface area contributed by atoms with E-state index in [1.54, 1.807) is 0 Å². The lowest BCUT2D eigenvalue weighted by Gasteiger charge is -2.43. The minimum Gasteiger partial charge on any atom is -0.480 e. The van der Waals surface area contributed by atoms with Gasteiger partial charge in [0.05, 0.1) is 5.41 Å². The highest BCUT2D eigenvalue weighted by Gasteiger charge is 2.45. The molecule has 0 saturated heterocycles. The van der Waals surface area contributed by atoms with E-state index in [-0.39, 0.29) is 18.5 Å².